The van der Waals surface area contributed by atoms with E-state index in [4.69, 9.17) is 11.6 Å². The molecule has 0 radical (unpaired) electrons. The van der Waals surface area contributed by atoms with Crippen LogP contribution in [0, 0.1) is 11.8 Å². The Bertz CT molecular complexity index is 492. The fourth-order valence-corrected chi connectivity index (χ4v) is 3.84. The number of aliphatic hydroxyl groups is 1. The van der Waals surface area contributed by atoms with Crippen LogP contribution in [0.2, 0.25) is 5.02 Å². The molecule has 2 rings (SSSR count). The van der Waals surface area contributed by atoms with Crippen LogP contribution in [0.1, 0.15) is 31.2 Å². The lowest BCUT2D eigenvalue weighted by Crippen LogP contribution is -2.40. The summed E-state index contributed by atoms with van der Waals surface area (Å²) in [6, 6.07) is 5.20. The van der Waals surface area contributed by atoms with Gasteiger partial charge in [-0.15, -0.1) is 0 Å². The van der Waals surface area contributed by atoms with Gasteiger partial charge >= 0.3 is 6.18 Å². The van der Waals surface area contributed by atoms with E-state index in [0.29, 0.717) is 23.4 Å². The Labute approximate surface area is 135 Å². The van der Waals surface area contributed by atoms with Crippen LogP contribution in [-0.4, -0.2) is 17.4 Å². The van der Waals surface area contributed by atoms with Crippen molar-refractivity contribution in [2.24, 2.45) is 11.8 Å². The Kier molecular flexibility index (Phi) is 5.60. The summed E-state index contributed by atoms with van der Waals surface area (Å²) < 4.78 is 40.0. The molecule has 0 spiro atoms. The highest BCUT2D eigenvalue weighted by Crippen LogP contribution is 2.43. The SMILES string of the molecule is OC(Cc1ccc(Br)cc1Cl)C1CCCCC1C(F)(F)F. The van der Waals surface area contributed by atoms with Crippen molar-refractivity contribution in [3.05, 3.63) is 33.3 Å². The third-order valence-corrected chi connectivity index (χ3v) is 5.02. The Hall–Kier alpha value is -0.260. The number of halogens is 5. The topological polar surface area (TPSA) is 20.2 Å². The molecule has 6 heteroatoms. The minimum atomic E-state index is -4.24. The molecule has 118 valence electrons. The lowest BCUT2D eigenvalue weighted by molar-refractivity contribution is -0.206. The first kappa shape index (κ1) is 17.1. The van der Waals surface area contributed by atoms with E-state index in [-0.39, 0.29) is 12.8 Å². The van der Waals surface area contributed by atoms with Crippen molar-refractivity contribution in [3.8, 4) is 0 Å². The highest BCUT2D eigenvalue weighted by Gasteiger charge is 2.47. The highest BCUT2D eigenvalue weighted by atomic mass is 79.9. The second kappa shape index (κ2) is 6.88. The maximum absolute atomic E-state index is 13.1. The maximum Gasteiger partial charge on any atom is 0.392 e. The van der Waals surface area contributed by atoms with Crippen LogP contribution in [0.3, 0.4) is 0 Å². The smallest absolute Gasteiger partial charge is 0.392 e. The van der Waals surface area contributed by atoms with Crippen molar-refractivity contribution >= 4 is 27.5 Å². The molecular weight excluding hydrogens is 369 g/mol. The lowest BCUT2D eigenvalue weighted by Gasteiger charge is -2.36. The molecule has 1 saturated carbocycles. The summed E-state index contributed by atoms with van der Waals surface area (Å²) in [5, 5.41) is 10.7. The molecule has 0 heterocycles. The van der Waals surface area contributed by atoms with E-state index in [2.05, 4.69) is 15.9 Å². The summed E-state index contributed by atoms with van der Waals surface area (Å²) in [7, 11) is 0. The zero-order valence-corrected chi connectivity index (χ0v) is 13.7. The van der Waals surface area contributed by atoms with Crippen LogP contribution in [0.25, 0.3) is 0 Å². The molecule has 0 aromatic heterocycles. The maximum atomic E-state index is 13.1. The molecule has 0 aliphatic heterocycles. The van der Waals surface area contributed by atoms with Crippen molar-refractivity contribution in [2.45, 2.75) is 44.4 Å². The van der Waals surface area contributed by atoms with Crippen molar-refractivity contribution < 1.29 is 18.3 Å². The summed E-state index contributed by atoms with van der Waals surface area (Å²) >= 11 is 9.35. The first-order chi connectivity index (χ1) is 9.79. The van der Waals surface area contributed by atoms with Crippen molar-refractivity contribution in [2.75, 3.05) is 0 Å². The number of benzene rings is 1. The molecular formula is C15H17BrClF3O. The van der Waals surface area contributed by atoms with Gasteiger partial charge in [0.05, 0.1) is 12.0 Å². The van der Waals surface area contributed by atoms with Gasteiger partial charge in [-0.05, 0) is 36.5 Å². The summed E-state index contributed by atoms with van der Waals surface area (Å²) in [6.45, 7) is 0. The van der Waals surface area contributed by atoms with E-state index < -0.39 is 24.1 Å². The first-order valence-electron chi connectivity index (χ1n) is 6.97. The molecule has 1 aliphatic rings. The largest absolute Gasteiger partial charge is 0.392 e. The highest BCUT2D eigenvalue weighted by molar-refractivity contribution is 9.10. The number of hydrogen-bond donors (Lipinski definition) is 1. The van der Waals surface area contributed by atoms with Crippen molar-refractivity contribution in [1.82, 2.24) is 0 Å². The van der Waals surface area contributed by atoms with E-state index >= 15 is 0 Å². The fraction of sp³-hybridized carbons (Fsp3) is 0.600. The van der Waals surface area contributed by atoms with Gasteiger partial charge in [0.15, 0.2) is 0 Å². The van der Waals surface area contributed by atoms with E-state index in [0.717, 1.165) is 10.9 Å². The van der Waals surface area contributed by atoms with E-state index in [1.165, 1.54) is 0 Å². The second-order valence-corrected chi connectivity index (χ2v) is 6.93. The quantitative estimate of drug-likeness (QED) is 0.741. The van der Waals surface area contributed by atoms with Gasteiger partial charge in [0.25, 0.3) is 0 Å². The van der Waals surface area contributed by atoms with Crippen LogP contribution < -0.4 is 0 Å². The average Bonchev–Trinajstić information content (AvgIpc) is 2.41. The normalized spacial score (nSPS) is 24.9. The third kappa shape index (κ3) is 4.36. The van der Waals surface area contributed by atoms with Gasteiger partial charge in [-0.25, -0.2) is 0 Å². The summed E-state index contributed by atoms with van der Waals surface area (Å²) in [5.41, 5.74) is 0.680. The molecule has 0 bridgehead atoms. The van der Waals surface area contributed by atoms with Crippen LogP contribution in [0.5, 0.6) is 0 Å². The lowest BCUT2D eigenvalue weighted by atomic mass is 9.74. The first-order valence-corrected chi connectivity index (χ1v) is 8.15. The van der Waals surface area contributed by atoms with Crippen LogP contribution in [0.4, 0.5) is 13.2 Å². The molecule has 1 fully saturated rings. The Morgan fingerprint density at radius 1 is 1.29 bits per heavy atom. The molecule has 1 aliphatic carbocycles. The Morgan fingerprint density at radius 3 is 2.57 bits per heavy atom. The second-order valence-electron chi connectivity index (χ2n) is 5.60. The minimum Gasteiger partial charge on any atom is -0.392 e. The van der Waals surface area contributed by atoms with Crippen LogP contribution in [-0.2, 0) is 6.42 Å². The summed E-state index contributed by atoms with van der Waals surface area (Å²) in [5.74, 6) is -2.14. The van der Waals surface area contributed by atoms with Gasteiger partial charge in [0.2, 0.25) is 0 Å². The third-order valence-electron chi connectivity index (χ3n) is 4.18. The number of aliphatic hydroxyl groups excluding tert-OH is 1. The van der Waals surface area contributed by atoms with Crippen LogP contribution >= 0.6 is 27.5 Å². The van der Waals surface area contributed by atoms with Gasteiger partial charge in [0, 0.05) is 15.9 Å². The summed E-state index contributed by atoms with van der Waals surface area (Å²) in [6.07, 6.45) is -3.26. The monoisotopic (exact) mass is 384 g/mol. The van der Waals surface area contributed by atoms with Crippen LogP contribution in [0.15, 0.2) is 22.7 Å². The molecule has 3 unspecified atom stereocenters. The Balaban J connectivity index is 2.12. The number of rotatable bonds is 3. The number of alkyl halides is 3. The molecule has 1 N–H and O–H groups in total. The van der Waals surface area contributed by atoms with E-state index in [1.54, 1.807) is 18.2 Å². The van der Waals surface area contributed by atoms with Crippen molar-refractivity contribution in [1.29, 1.82) is 0 Å². The molecule has 21 heavy (non-hydrogen) atoms. The van der Waals surface area contributed by atoms with Crippen molar-refractivity contribution in [3.63, 3.8) is 0 Å². The average molecular weight is 386 g/mol. The molecule has 1 nitrogen and oxygen atoms in total. The van der Waals surface area contributed by atoms with E-state index in [9.17, 15) is 18.3 Å². The Morgan fingerprint density at radius 2 is 1.95 bits per heavy atom. The molecule has 0 amide bonds. The van der Waals surface area contributed by atoms with Gasteiger partial charge < -0.3 is 5.11 Å². The van der Waals surface area contributed by atoms with Gasteiger partial charge in [-0.2, -0.15) is 13.2 Å². The molecule has 0 saturated heterocycles. The zero-order valence-electron chi connectivity index (χ0n) is 11.3. The van der Waals surface area contributed by atoms with E-state index in [1.807, 2.05) is 0 Å². The zero-order chi connectivity index (χ0) is 15.6. The standard InChI is InChI=1S/C15H17BrClF3O/c16-10-6-5-9(13(17)8-10)7-14(21)11-3-1-2-4-12(11)15(18,19)20/h5-6,8,11-12,14,21H,1-4,7H2. The minimum absolute atomic E-state index is 0.110. The molecule has 3 atom stereocenters. The fourth-order valence-electron chi connectivity index (χ4n) is 3.09. The predicted molar refractivity (Wildman–Crippen MR) is 80.4 cm³/mol. The predicted octanol–water partition coefficient (Wildman–Crippen LogP) is 5.37. The van der Waals surface area contributed by atoms with Gasteiger partial charge in [0.1, 0.15) is 0 Å². The van der Waals surface area contributed by atoms with Gasteiger partial charge in [-0.1, -0.05) is 46.4 Å². The summed E-state index contributed by atoms with van der Waals surface area (Å²) in [4.78, 5) is 0. The molecule has 1 aromatic carbocycles. The molecule has 1 aromatic rings. The number of hydrogen-bond acceptors (Lipinski definition) is 1. The van der Waals surface area contributed by atoms with Gasteiger partial charge in [-0.3, -0.25) is 0 Å².